The highest BCUT2D eigenvalue weighted by Crippen LogP contribution is 2.36. The Morgan fingerprint density at radius 3 is 2.44 bits per heavy atom. The molecule has 0 amide bonds. The smallest absolute Gasteiger partial charge is 0.394 e. The number of sulfone groups is 1. The molecule has 0 unspecified atom stereocenters. The van der Waals surface area contributed by atoms with Gasteiger partial charge >= 0.3 is 6.18 Å². The summed E-state index contributed by atoms with van der Waals surface area (Å²) in [6, 6.07) is 7.32. The molecule has 3 aromatic rings. The molecule has 4 rings (SSSR count). The van der Waals surface area contributed by atoms with E-state index < -0.39 is 28.3 Å². The number of likely N-dealkylation sites (tertiary alicyclic amines) is 1. The van der Waals surface area contributed by atoms with Crippen LogP contribution in [0.2, 0.25) is 0 Å². The first-order chi connectivity index (χ1) is 18.3. The van der Waals surface area contributed by atoms with Crippen molar-refractivity contribution in [3.63, 3.8) is 0 Å². The Hall–Kier alpha value is -3.23. The van der Waals surface area contributed by atoms with Crippen LogP contribution in [0.4, 0.5) is 23.2 Å². The molecule has 0 spiro atoms. The van der Waals surface area contributed by atoms with E-state index in [1.54, 1.807) is 13.1 Å². The maximum absolute atomic E-state index is 15.3. The molecular formula is C28H31F4N3O3S. The molecule has 0 atom stereocenters. The van der Waals surface area contributed by atoms with Crippen molar-refractivity contribution < 1.29 is 30.7 Å². The zero-order valence-electron chi connectivity index (χ0n) is 22.2. The summed E-state index contributed by atoms with van der Waals surface area (Å²) in [5.41, 5.74) is 1.63. The highest BCUT2D eigenvalue weighted by atomic mass is 32.2. The van der Waals surface area contributed by atoms with Crippen molar-refractivity contribution in [3.05, 3.63) is 53.0 Å². The number of methoxy groups -OCH3 is 1. The SMILES string of the molecule is COc1cc(S(C)(=O)=O)ccc1NCC#Cc1c(CC(F)(F)F)n(C)c2cc(C3CCN(C)CC3)c(F)cc12. The average Bonchev–Trinajstić information content (AvgIpc) is 3.09. The minimum absolute atomic E-state index is 0.00867. The van der Waals surface area contributed by atoms with Gasteiger partial charge in [0, 0.05) is 36.0 Å². The van der Waals surface area contributed by atoms with Gasteiger partial charge in [0.2, 0.25) is 0 Å². The zero-order chi connectivity index (χ0) is 28.5. The number of rotatable bonds is 6. The highest BCUT2D eigenvalue weighted by Gasteiger charge is 2.32. The van der Waals surface area contributed by atoms with Gasteiger partial charge in [0.1, 0.15) is 11.6 Å². The lowest BCUT2D eigenvalue weighted by atomic mass is 9.88. The lowest BCUT2D eigenvalue weighted by Gasteiger charge is -2.29. The number of anilines is 1. The van der Waals surface area contributed by atoms with Crippen molar-refractivity contribution in [2.24, 2.45) is 7.05 Å². The van der Waals surface area contributed by atoms with Crippen LogP contribution in [0.5, 0.6) is 5.75 Å². The largest absolute Gasteiger partial charge is 0.495 e. The number of benzene rings is 2. The monoisotopic (exact) mass is 565 g/mol. The number of piperidine rings is 1. The first-order valence-electron chi connectivity index (χ1n) is 12.5. The first kappa shape index (κ1) is 28.8. The Bertz CT molecular complexity index is 1540. The van der Waals surface area contributed by atoms with Crippen LogP contribution >= 0.6 is 0 Å². The van der Waals surface area contributed by atoms with E-state index in [9.17, 15) is 21.6 Å². The van der Waals surface area contributed by atoms with Crippen molar-refractivity contribution in [2.75, 3.05) is 45.4 Å². The van der Waals surface area contributed by atoms with Gasteiger partial charge in [0.15, 0.2) is 9.84 Å². The number of fused-ring (bicyclic) bond motifs is 1. The van der Waals surface area contributed by atoms with E-state index in [-0.39, 0.29) is 34.4 Å². The number of nitrogens with zero attached hydrogens (tertiary/aromatic N) is 2. The van der Waals surface area contributed by atoms with E-state index in [1.807, 2.05) is 7.05 Å². The van der Waals surface area contributed by atoms with E-state index in [1.165, 1.54) is 35.9 Å². The second-order valence-electron chi connectivity index (χ2n) is 9.93. The van der Waals surface area contributed by atoms with Crippen molar-refractivity contribution in [2.45, 2.75) is 36.3 Å². The summed E-state index contributed by atoms with van der Waals surface area (Å²) in [6.45, 7) is 1.70. The van der Waals surface area contributed by atoms with Crippen LogP contribution in [0.15, 0.2) is 35.2 Å². The van der Waals surface area contributed by atoms with Gasteiger partial charge in [0.25, 0.3) is 0 Å². The van der Waals surface area contributed by atoms with Gasteiger partial charge in [-0.25, -0.2) is 12.8 Å². The van der Waals surface area contributed by atoms with Crippen LogP contribution in [0.25, 0.3) is 10.9 Å². The Labute approximate surface area is 225 Å². The van der Waals surface area contributed by atoms with Gasteiger partial charge in [-0.05, 0) is 68.7 Å². The van der Waals surface area contributed by atoms with Gasteiger partial charge in [0.05, 0.1) is 36.2 Å². The summed E-state index contributed by atoms with van der Waals surface area (Å²) in [6.07, 6.45) is -3.01. The molecule has 210 valence electrons. The van der Waals surface area contributed by atoms with Crippen molar-refractivity contribution in [3.8, 4) is 17.6 Å². The van der Waals surface area contributed by atoms with Crippen molar-refractivity contribution in [1.29, 1.82) is 0 Å². The number of aryl methyl sites for hydroxylation is 1. The molecule has 11 heteroatoms. The molecule has 2 heterocycles. The second kappa shape index (κ2) is 11.1. The van der Waals surface area contributed by atoms with Crippen LogP contribution in [-0.4, -0.2) is 64.1 Å². The third-order valence-corrected chi connectivity index (χ3v) is 8.26. The molecule has 0 saturated carbocycles. The summed E-state index contributed by atoms with van der Waals surface area (Å²) in [4.78, 5) is 2.26. The summed E-state index contributed by atoms with van der Waals surface area (Å²) >= 11 is 0. The lowest BCUT2D eigenvalue weighted by Crippen LogP contribution is -2.29. The predicted octanol–water partition coefficient (Wildman–Crippen LogP) is 5.11. The van der Waals surface area contributed by atoms with Crippen molar-refractivity contribution >= 4 is 26.4 Å². The Kier molecular flexibility index (Phi) is 8.19. The first-order valence-corrected chi connectivity index (χ1v) is 14.3. The van der Waals surface area contributed by atoms with Gasteiger partial charge in [-0.2, -0.15) is 13.2 Å². The van der Waals surface area contributed by atoms with Crippen LogP contribution in [0.1, 0.15) is 35.6 Å². The molecule has 0 bridgehead atoms. The van der Waals surface area contributed by atoms with Crippen LogP contribution in [0, 0.1) is 17.7 Å². The van der Waals surface area contributed by atoms with E-state index in [4.69, 9.17) is 4.74 Å². The number of nitrogens with one attached hydrogen (secondary N) is 1. The van der Waals surface area contributed by atoms with Crippen LogP contribution < -0.4 is 10.1 Å². The quantitative estimate of drug-likeness (QED) is 0.333. The minimum Gasteiger partial charge on any atom is -0.495 e. The minimum atomic E-state index is -4.47. The molecular weight excluding hydrogens is 534 g/mol. The van der Waals surface area contributed by atoms with Gasteiger partial charge < -0.3 is 19.5 Å². The van der Waals surface area contributed by atoms with E-state index in [2.05, 4.69) is 22.1 Å². The summed E-state index contributed by atoms with van der Waals surface area (Å²) in [7, 11) is 1.53. The molecule has 2 aromatic carbocycles. The summed E-state index contributed by atoms with van der Waals surface area (Å²) in [5.74, 6) is 5.53. The predicted molar refractivity (Wildman–Crippen MR) is 144 cm³/mol. The third-order valence-electron chi connectivity index (χ3n) is 7.15. The number of hydrogen-bond acceptors (Lipinski definition) is 5. The molecule has 1 aliphatic heterocycles. The maximum atomic E-state index is 15.3. The Morgan fingerprint density at radius 2 is 1.82 bits per heavy atom. The highest BCUT2D eigenvalue weighted by molar-refractivity contribution is 7.90. The maximum Gasteiger partial charge on any atom is 0.394 e. The number of hydrogen-bond donors (Lipinski definition) is 1. The Balaban J connectivity index is 1.68. The average molecular weight is 566 g/mol. The fourth-order valence-corrected chi connectivity index (χ4v) is 5.65. The number of ether oxygens (including phenoxy) is 1. The molecule has 1 saturated heterocycles. The van der Waals surface area contributed by atoms with Crippen LogP contribution in [-0.2, 0) is 23.3 Å². The molecule has 1 aromatic heterocycles. The van der Waals surface area contributed by atoms with Crippen molar-refractivity contribution in [1.82, 2.24) is 9.47 Å². The molecule has 1 N–H and O–H groups in total. The molecule has 6 nitrogen and oxygen atoms in total. The standard InChI is InChI=1S/C28H31F4N3O3S/c1-34-12-9-18(10-13-34)21-16-25-22(15-23(21)29)20(26(35(25)2)17-28(30,31)32)6-5-11-33-24-8-7-19(39(4,36)37)14-27(24)38-3/h7-8,14-16,18,33H,9-13,17H2,1-4H3. The fraction of sp³-hybridized carbons (Fsp3) is 0.429. The molecule has 39 heavy (non-hydrogen) atoms. The zero-order valence-corrected chi connectivity index (χ0v) is 23.1. The Morgan fingerprint density at radius 1 is 1.13 bits per heavy atom. The number of alkyl halides is 3. The van der Waals surface area contributed by atoms with Gasteiger partial charge in [-0.1, -0.05) is 11.8 Å². The third kappa shape index (κ3) is 6.50. The molecule has 1 fully saturated rings. The normalized spacial score (nSPS) is 15.3. The number of halogens is 4. The molecule has 0 aliphatic carbocycles. The van der Waals surface area contributed by atoms with Gasteiger partial charge in [-0.3, -0.25) is 0 Å². The fourth-order valence-electron chi connectivity index (χ4n) is 5.01. The van der Waals surface area contributed by atoms with Crippen LogP contribution in [0.3, 0.4) is 0 Å². The lowest BCUT2D eigenvalue weighted by molar-refractivity contribution is -0.128. The molecule has 0 radical (unpaired) electrons. The van der Waals surface area contributed by atoms with Gasteiger partial charge in [-0.15, -0.1) is 0 Å². The summed E-state index contributed by atoms with van der Waals surface area (Å²) in [5, 5.41) is 3.34. The van der Waals surface area contributed by atoms with E-state index >= 15 is 4.39 Å². The topological polar surface area (TPSA) is 63.6 Å². The molecule has 1 aliphatic rings. The van der Waals surface area contributed by atoms with E-state index in [0.717, 1.165) is 32.2 Å². The number of aromatic nitrogens is 1. The second-order valence-corrected chi connectivity index (χ2v) is 11.9. The van der Waals surface area contributed by atoms with E-state index in [0.29, 0.717) is 22.2 Å². The summed E-state index contributed by atoms with van der Waals surface area (Å²) < 4.78 is 86.2.